The lowest BCUT2D eigenvalue weighted by molar-refractivity contribution is -0.119. The van der Waals surface area contributed by atoms with Crippen LogP contribution in [-0.4, -0.2) is 37.7 Å². The molecule has 0 aliphatic heterocycles. The minimum atomic E-state index is -0.611. The summed E-state index contributed by atoms with van der Waals surface area (Å²) in [6.07, 6.45) is 0. The molecule has 29 heavy (non-hydrogen) atoms. The molecular weight excluding hydrogens is 392 g/mol. The van der Waals surface area contributed by atoms with Crippen LogP contribution in [0, 0.1) is 6.92 Å². The largest absolute Gasteiger partial charge is 0.497 e. The number of methoxy groups -OCH3 is 2. The van der Waals surface area contributed by atoms with Crippen LogP contribution in [0.1, 0.15) is 16.1 Å². The first-order valence-electron chi connectivity index (χ1n) is 8.72. The Labute approximate surface area is 172 Å². The molecule has 0 saturated carbocycles. The van der Waals surface area contributed by atoms with Gasteiger partial charge in [0, 0.05) is 6.07 Å². The Balaban J connectivity index is 1.63. The van der Waals surface area contributed by atoms with Crippen LogP contribution in [0.15, 0.2) is 47.8 Å². The Morgan fingerprint density at radius 1 is 1.10 bits per heavy atom. The third kappa shape index (κ3) is 4.91. The van der Waals surface area contributed by atoms with E-state index >= 15 is 0 Å². The number of carbonyl (C=O) groups excluding carboxylic acids is 2. The number of pyridine rings is 1. The zero-order valence-corrected chi connectivity index (χ0v) is 17.0. The van der Waals surface area contributed by atoms with Crippen LogP contribution in [0.3, 0.4) is 0 Å². The monoisotopic (exact) mass is 412 g/mol. The van der Waals surface area contributed by atoms with Gasteiger partial charge >= 0.3 is 5.97 Å². The van der Waals surface area contributed by atoms with Crippen LogP contribution in [0.5, 0.6) is 11.5 Å². The third-order valence-corrected chi connectivity index (χ3v) is 4.99. The van der Waals surface area contributed by atoms with Crippen molar-refractivity contribution >= 4 is 28.9 Å². The van der Waals surface area contributed by atoms with Gasteiger partial charge in [-0.2, -0.15) is 0 Å². The number of benzene rings is 1. The number of ether oxygens (including phenoxy) is 3. The molecule has 0 unspecified atom stereocenters. The molecule has 1 aromatic carbocycles. The number of aromatic nitrogens is 1. The molecule has 0 saturated heterocycles. The number of rotatable bonds is 7. The number of hydrogen-bond acceptors (Lipinski definition) is 7. The number of esters is 1. The predicted octanol–water partition coefficient (Wildman–Crippen LogP) is 3.93. The quantitative estimate of drug-likeness (QED) is 0.592. The van der Waals surface area contributed by atoms with Crippen molar-refractivity contribution in [3.05, 3.63) is 59.1 Å². The van der Waals surface area contributed by atoms with Crippen molar-refractivity contribution < 1.29 is 23.8 Å². The number of carbonyl (C=O) groups is 2. The topological polar surface area (TPSA) is 86.8 Å². The van der Waals surface area contributed by atoms with Gasteiger partial charge in [0.2, 0.25) is 0 Å². The summed E-state index contributed by atoms with van der Waals surface area (Å²) >= 11 is 1.57. The van der Waals surface area contributed by atoms with Crippen LogP contribution >= 0.6 is 11.3 Å². The summed E-state index contributed by atoms with van der Waals surface area (Å²) in [5.74, 6) is -0.0773. The fraction of sp³-hybridized carbons (Fsp3) is 0.190. The fourth-order valence-electron chi connectivity index (χ4n) is 2.65. The first kappa shape index (κ1) is 20.3. The molecule has 0 spiro atoms. The summed E-state index contributed by atoms with van der Waals surface area (Å²) in [6, 6.07) is 12.3. The second kappa shape index (κ2) is 9.20. The van der Waals surface area contributed by atoms with Gasteiger partial charge in [-0.25, -0.2) is 4.79 Å². The van der Waals surface area contributed by atoms with E-state index in [-0.39, 0.29) is 0 Å². The summed E-state index contributed by atoms with van der Waals surface area (Å²) in [4.78, 5) is 30.0. The van der Waals surface area contributed by atoms with Gasteiger partial charge in [-0.1, -0.05) is 6.07 Å². The fourth-order valence-corrected chi connectivity index (χ4v) is 3.34. The van der Waals surface area contributed by atoms with Gasteiger partial charge in [-0.15, -0.1) is 11.3 Å². The van der Waals surface area contributed by atoms with E-state index in [1.807, 2.05) is 17.5 Å². The van der Waals surface area contributed by atoms with Crippen LogP contribution in [0.4, 0.5) is 5.69 Å². The maximum absolute atomic E-state index is 12.4. The average molecular weight is 412 g/mol. The average Bonchev–Trinajstić information content (AvgIpc) is 3.26. The normalized spacial score (nSPS) is 10.3. The van der Waals surface area contributed by atoms with Crippen molar-refractivity contribution in [1.82, 2.24) is 4.98 Å². The molecule has 0 bridgehead atoms. The van der Waals surface area contributed by atoms with Crippen molar-refractivity contribution in [2.75, 3.05) is 26.1 Å². The van der Waals surface area contributed by atoms with Crippen molar-refractivity contribution in [3.63, 3.8) is 0 Å². The minimum absolute atomic E-state index is 0.317. The standard InChI is InChI=1S/C21H20N2O5S/c1-13-15(7-8-16(22-13)19-5-4-10-29-19)21(25)28-12-20(24)23-17-11-14(26-2)6-9-18(17)27-3/h4-11H,12H2,1-3H3,(H,23,24). The Hall–Kier alpha value is -3.39. The molecule has 1 amide bonds. The summed E-state index contributed by atoms with van der Waals surface area (Å²) < 4.78 is 15.5. The highest BCUT2D eigenvalue weighted by Crippen LogP contribution is 2.29. The maximum atomic E-state index is 12.4. The zero-order chi connectivity index (χ0) is 20.8. The molecule has 7 nitrogen and oxygen atoms in total. The van der Waals surface area contributed by atoms with E-state index in [0.717, 1.165) is 10.6 Å². The maximum Gasteiger partial charge on any atom is 0.340 e. The Bertz CT molecular complexity index is 1020. The molecule has 0 fully saturated rings. The summed E-state index contributed by atoms with van der Waals surface area (Å²) in [7, 11) is 3.02. The van der Waals surface area contributed by atoms with Crippen LogP contribution in [0.2, 0.25) is 0 Å². The minimum Gasteiger partial charge on any atom is -0.497 e. The molecule has 150 valence electrons. The van der Waals surface area contributed by atoms with E-state index in [0.29, 0.717) is 28.4 Å². The van der Waals surface area contributed by atoms with Gasteiger partial charge in [0.15, 0.2) is 6.61 Å². The van der Waals surface area contributed by atoms with Crippen LogP contribution in [-0.2, 0) is 9.53 Å². The van der Waals surface area contributed by atoms with Gasteiger partial charge in [-0.05, 0) is 42.6 Å². The first-order chi connectivity index (χ1) is 14.0. The van der Waals surface area contributed by atoms with Gasteiger partial charge < -0.3 is 19.5 Å². The number of nitrogens with one attached hydrogen (secondary N) is 1. The smallest absolute Gasteiger partial charge is 0.340 e. The Morgan fingerprint density at radius 3 is 2.59 bits per heavy atom. The Morgan fingerprint density at radius 2 is 1.93 bits per heavy atom. The number of hydrogen-bond donors (Lipinski definition) is 1. The van der Waals surface area contributed by atoms with Gasteiger partial charge in [0.1, 0.15) is 11.5 Å². The summed E-state index contributed by atoms with van der Waals surface area (Å²) in [5.41, 5.74) is 2.07. The number of aryl methyl sites for hydroxylation is 1. The molecular formula is C21H20N2O5S. The lowest BCUT2D eigenvalue weighted by Crippen LogP contribution is -2.21. The van der Waals surface area contributed by atoms with Crippen molar-refractivity contribution in [1.29, 1.82) is 0 Å². The zero-order valence-electron chi connectivity index (χ0n) is 16.2. The number of nitrogens with zero attached hydrogens (tertiary/aromatic N) is 1. The second-order valence-corrected chi connectivity index (χ2v) is 6.94. The SMILES string of the molecule is COc1ccc(OC)c(NC(=O)COC(=O)c2ccc(-c3cccs3)nc2C)c1. The van der Waals surface area contributed by atoms with E-state index in [4.69, 9.17) is 14.2 Å². The molecule has 8 heteroatoms. The van der Waals surface area contributed by atoms with E-state index < -0.39 is 18.5 Å². The lowest BCUT2D eigenvalue weighted by Gasteiger charge is -2.12. The molecule has 3 rings (SSSR count). The highest BCUT2D eigenvalue weighted by atomic mass is 32.1. The lowest BCUT2D eigenvalue weighted by atomic mass is 10.2. The van der Waals surface area contributed by atoms with E-state index in [9.17, 15) is 9.59 Å². The highest BCUT2D eigenvalue weighted by Gasteiger charge is 2.16. The van der Waals surface area contributed by atoms with Crippen LogP contribution < -0.4 is 14.8 Å². The summed E-state index contributed by atoms with van der Waals surface area (Å²) in [5, 5.41) is 4.61. The number of anilines is 1. The molecule has 2 aromatic heterocycles. The van der Waals surface area contributed by atoms with Crippen molar-refractivity contribution in [2.24, 2.45) is 0 Å². The van der Waals surface area contributed by atoms with E-state index in [1.54, 1.807) is 48.6 Å². The molecule has 0 aliphatic carbocycles. The molecule has 1 N–H and O–H groups in total. The van der Waals surface area contributed by atoms with E-state index in [2.05, 4.69) is 10.3 Å². The van der Waals surface area contributed by atoms with Gasteiger partial charge in [0.05, 0.1) is 41.7 Å². The highest BCUT2D eigenvalue weighted by molar-refractivity contribution is 7.13. The van der Waals surface area contributed by atoms with E-state index in [1.165, 1.54) is 14.2 Å². The molecule has 0 radical (unpaired) electrons. The number of amides is 1. The number of thiophene rings is 1. The molecule has 3 aromatic rings. The Kier molecular flexibility index (Phi) is 6.46. The van der Waals surface area contributed by atoms with Gasteiger partial charge in [0.25, 0.3) is 5.91 Å². The van der Waals surface area contributed by atoms with Crippen LogP contribution in [0.25, 0.3) is 10.6 Å². The van der Waals surface area contributed by atoms with Gasteiger partial charge in [-0.3, -0.25) is 9.78 Å². The summed E-state index contributed by atoms with van der Waals surface area (Å²) in [6.45, 7) is 1.29. The van der Waals surface area contributed by atoms with Crippen molar-refractivity contribution in [2.45, 2.75) is 6.92 Å². The predicted molar refractivity (Wildman–Crippen MR) is 111 cm³/mol. The molecule has 0 aliphatic rings. The first-order valence-corrected chi connectivity index (χ1v) is 9.60. The third-order valence-electron chi connectivity index (χ3n) is 4.09. The second-order valence-electron chi connectivity index (χ2n) is 6.00. The van der Waals surface area contributed by atoms with Crippen molar-refractivity contribution in [3.8, 4) is 22.1 Å². The molecule has 0 atom stereocenters. The molecule has 2 heterocycles.